The number of hydrogen-bond acceptors (Lipinski definition) is 5. The highest BCUT2D eigenvalue weighted by Gasteiger charge is 2.46. The number of hydrogen-bond donors (Lipinski definition) is 1. The maximum atomic E-state index is 12.8. The normalized spacial score (nSPS) is 12.5. The van der Waals surface area contributed by atoms with Gasteiger partial charge in [0.05, 0.1) is 0 Å². The number of halogens is 3. The van der Waals surface area contributed by atoms with E-state index in [-0.39, 0.29) is 0 Å². The Balaban J connectivity index is 3.12. The Morgan fingerprint density at radius 1 is 1.42 bits per heavy atom. The minimum atomic E-state index is -5.07. The summed E-state index contributed by atoms with van der Waals surface area (Å²) in [6.45, 7) is 4.16. The molecule has 108 valence electrons. The van der Waals surface area contributed by atoms with Crippen molar-refractivity contribution in [3.05, 3.63) is 5.82 Å². The number of carbonyl (C=O) groups excluding carboxylic acids is 1. The largest absolute Gasteiger partial charge is 0.407 e. The molecule has 7 nitrogen and oxygen atoms in total. The third kappa shape index (κ3) is 3.08. The zero-order valence-corrected chi connectivity index (χ0v) is 12.4. The van der Waals surface area contributed by atoms with Gasteiger partial charge in [0.1, 0.15) is 0 Å². The Morgan fingerprint density at radius 2 is 1.95 bits per heavy atom. The maximum Gasteiger partial charge on any atom is 0.407 e. The van der Waals surface area contributed by atoms with Crippen LogP contribution in [0.3, 0.4) is 0 Å². The van der Waals surface area contributed by atoms with E-state index >= 15 is 0 Å². The van der Waals surface area contributed by atoms with Crippen LogP contribution in [0.25, 0.3) is 0 Å². The Hall–Kier alpha value is -1.10. The van der Waals surface area contributed by atoms with Crippen LogP contribution in [0.15, 0.2) is 5.16 Å². The molecule has 0 radical (unpaired) electrons. The van der Waals surface area contributed by atoms with E-state index in [9.17, 15) is 22.0 Å². The van der Waals surface area contributed by atoms with E-state index in [1.54, 1.807) is 29.8 Å². The monoisotopic (exact) mass is 360 g/mol. The Labute approximate surface area is 116 Å². The molecule has 0 saturated heterocycles. The first kappa shape index (κ1) is 16.0. The number of rotatable bonds is 5. The average molecular weight is 361 g/mol. The fourth-order valence-corrected chi connectivity index (χ4v) is 2.24. The van der Waals surface area contributed by atoms with Crippen LogP contribution in [-0.4, -0.2) is 51.7 Å². The number of aromatic nitrogens is 3. The minimum Gasteiger partial charge on any atom is -0.337 e. The molecule has 1 N–H and O–H groups in total. The first-order valence-electron chi connectivity index (χ1n) is 5.18. The summed E-state index contributed by atoms with van der Waals surface area (Å²) in [5.74, 6) is -1.02. The second kappa shape index (κ2) is 5.49. The van der Waals surface area contributed by atoms with Crippen LogP contribution >= 0.6 is 15.9 Å². The van der Waals surface area contributed by atoms with Gasteiger partial charge in [-0.1, -0.05) is 0 Å². The first-order chi connectivity index (χ1) is 8.65. The summed E-state index contributed by atoms with van der Waals surface area (Å²) in [6.07, 6.45) is 0. The summed E-state index contributed by atoms with van der Waals surface area (Å²) in [6, 6.07) is 0. The second-order valence-electron chi connectivity index (χ2n) is 3.39. The van der Waals surface area contributed by atoms with Crippen LogP contribution in [0.4, 0.5) is 8.78 Å². The summed E-state index contributed by atoms with van der Waals surface area (Å²) in [5.41, 5.74) is 0. The van der Waals surface area contributed by atoms with Crippen LogP contribution in [0.5, 0.6) is 0 Å². The fourth-order valence-electron chi connectivity index (χ4n) is 1.23. The highest BCUT2D eigenvalue weighted by molar-refractivity contribution is 9.11. The van der Waals surface area contributed by atoms with Crippen LogP contribution in [-0.2, 0) is 9.84 Å². The number of amides is 1. The topological polar surface area (TPSA) is 96.0 Å². The molecule has 1 aromatic rings. The molecule has 0 saturated carbocycles. The summed E-state index contributed by atoms with van der Waals surface area (Å²) >= 11 is 1.73. The van der Waals surface area contributed by atoms with Gasteiger partial charge in [-0.05, 0) is 13.8 Å². The van der Waals surface area contributed by atoms with E-state index in [2.05, 4.69) is 10.1 Å². The van der Waals surface area contributed by atoms with Crippen LogP contribution in [0.1, 0.15) is 24.5 Å². The van der Waals surface area contributed by atoms with Crippen molar-refractivity contribution in [2.24, 2.45) is 0 Å². The maximum absolute atomic E-state index is 12.8. The highest BCUT2D eigenvalue weighted by atomic mass is 79.9. The van der Waals surface area contributed by atoms with Crippen molar-refractivity contribution < 1.29 is 22.0 Å². The summed E-state index contributed by atoms with van der Waals surface area (Å²) in [4.78, 5) is 16.4. The Morgan fingerprint density at radius 3 is 2.37 bits per heavy atom. The number of nitrogens with zero attached hydrogens (tertiary/aromatic N) is 3. The lowest BCUT2D eigenvalue weighted by atomic mass is 10.4. The smallest absolute Gasteiger partial charge is 0.337 e. The number of carbonyl (C=O) groups is 1. The van der Waals surface area contributed by atoms with Gasteiger partial charge < -0.3 is 4.90 Å². The molecular weight excluding hydrogens is 350 g/mol. The van der Waals surface area contributed by atoms with E-state index in [0.29, 0.717) is 13.1 Å². The molecule has 0 spiro atoms. The average Bonchev–Trinajstić information content (AvgIpc) is 2.78. The molecule has 1 heterocycles. The molecule has 0 aliphatic rings. The number of H-pyrrole nitrogens is 1. The van der Waals surface area contributed by atoms with Crippen molar-refractivity contribution in [3.63, 3.8) is 0 Å². The molecular formula is C8H11BrF2N4O3S. The van der Waals surface area contributed by atoms with Gasteiger partial charge in [0, 0.05) is 29.0 Å². The van der Waals surface area contributed by atoms with Crippen molar-refractivity contribution in [2.45, 2.75) is 23.2 Å². The number of nitrogens with one attached hydrogen (secondary N) is 1. The molecule has 0 fully saturated rings. The molecule has 1 aromatic heterocycles. The Kier molecular flexibility index (Phi) is 4.61. The van der Waals surface area contributed by atoms with Gasteiger partial charge >= 0.3 is 4.16 Å². The van der Waals surface area contributed by atoms with E-state index in [4.69, 9.17) is 0 Å². The van der Waals surface area contributed by atoms with Crippen LogP contribution in [0, 0.1) is 0 Å². The second-order valence-corrected chi connectivity index (χ2v) is 6.80. The molecule has 0 aliphatic carbocycles. The predicted octanol–water partition coefficient (Wildman–Crippen LogP) is 1.01. The molecule has 19 heavy (non-hydrogen) atoms. The van der Waals surface area contributed by atoms with E-state index < -0.39 is 30.9 Å². The molecule has 1 rings (SSSR count). The lowest BCUT2D eigenvalue weighted by Gasteiger charge is -2.16. The van der Waals surface area contributed by atoms with Gasteiger partial charge in [-0.3, -0.25) is 9.89 Å². The van der Waals surface area contributed by atoms with E-state index in [1.807, 2.05) is 5.10 Å². The molecule has 0 aromatic carbocycles. The molecule has 0 aliphatic heterocycles. The quantitative estimate of drug-likeness (QED) is 0.790. The predicted molar refractivity (Wildman–Crippen MR) is 64.7 cm³/mol. The molecule has 0 atom stereocenters. The number of alkyl halides is 3. The highest BCUT2D eigenvalue weighted by Crippen LogP contribution is 2.32. The SMILES string of the molecule is CCN(CC)C(=O)c1nc(S(=O)(=O)C(F)(F)Br)n[nH]1. The third-order valence-electron chi connectivity index (χ3n) is 2.26. The first-order valence-corrected chi connectivity index (χ1v) is 7.45. The van der Waals surface area contributed by atoms with Gasteiger partial charge in [-0.15, -0.1) is 5.10 Å². The third-order valence-corrected chi connectivity index (χ3v) is 4.81. The van der Waals surface area contributed by atoms with E-state index in [1.165, 1.54) is 4.90 Å². The van der Waals surface area contributed by atoms with Gasteiger partial charge in [-0.25, -0.2) is 8.42 Å². The van der Waals surface area contributed by atoms with E-state index in [0.717, 1.165) is 0 Å². The molecule has 11 heteroatoms. The number of aromatic amines is 1. The van der Waals surface area contributed by atoms with Crippen molar-refractivity contribution in [3.8, 4) is 0 Å². The van der Waals surface area contributed by atoms with Gasteiger partial charge in [0.2, 0.25) is 5.82 Å². The Bertz CT molecular complexity index is 565. The lowest BCUT2D eigenvalue weighted by molar-refractivity contribution is 0.0761. The zero-order chi connectivity index (χ0) is 14.8. The summed E-state index contributed by atoms with van der Waals surface area (Å²) in [7, 11) is -5.07. The summed E-state index contributed by atoms with van der Waals surface area (Å²) in [5, 5.41) is 4.06. The summed E-state index contributed by atoms with van der Waals surface area (Å²) < 4.78 is 44.1. The zero-order valence-electron chi connectivity index (χ0n) is 10.0. The fraction of sp³-hybridized carbons (Fsp3) is 0.625. The van der Waals surface area contributed by atoms with Gasteiger partial charge in [0.15, 0.2) is 0 Å². The van der Waals surface area contributed by atoms with Crippen LogP contribution in [0.2, 0.25) is 0 Å². The molecule has 0 bridgehead atoms. The van der Waals surface area contributed by atoms with Crippen molar-refractivity contribution in [1.29, 1.82) is 0 Å². The standard InChI is InChI=1S/C8H11BrF2N4O3S/c1-3-15(4-2)6(16)5-12-7(14-13-5)19(17,18)8(9,10)11/h3-4H2,1-2H3,(H,12,13,14). The van der Waals surface area contributed by atoms with Gasteiger partial charge in [-0.2, -0.15) is 13.8 Å². The lowest BCUT2D eigenvalue weighted by Crippen LogP contribution is -2.31. The molecule has 1 amide bonds. The van der Waals surface area contributed by atoms with Crippen molar-refractivity contribution in [1.82, 2.24) is 20.1 Å². The van der Waals surface area contributed by atoms with Crippen LogP contribution < -0.4 is 0 Å². The number of sulfone groups is 1. The molecule has 0 unspecified atom stereocenters. The van der Waals surface area contributed by atoms with Crippen molar-refractivity contribution in [2.75, 3.05) is 13.1 Å². The minimum absolute atomic E-state index is 0.368. The van der Waals surface area contributed by atoms with Gasteiger partial charge in [0.25, 0.3) is 20.9 Å². The van der Waals surface area contributed by atoms with Crippen molar-refractivity contribution >= 4 is 31.7 Å².